The summed E-state index contributed by atoms with van der Waals surface area (Å²) < 4.78 is 0. The third-order valence-electron chi connectivity index (χ3n) is 4.25. The fraction of sp³-hybridized carbons (Fsp3) is 0.857. The molecule has 0 bridgehead atoms. The van der Waals surface area contributed by atoms with E-state index in [-0.39, 0.29) is 11.8 Å². The highest BCUT2D eigenvalue weighted by Gasteiger charge is 2.40. The largest absolute Gasteiger partial charge is 0.342 e. The Morgan fingerprint density at radius 2 is 1.84 bits per heavy atom. The van der Waals surface area contributed by atoms with E-state index >= 15 is 0 Å². The molecule has 0 aromatic rings. The molecule has 0 aromatic heterocycles. The molecule has 0 spiro atoms. The van der Waals surface area contributed by atoms with Gasteiger partial charge in [0.25, 0.3) is 0 Å². The van der Waals surface area contributed by atoms with Crippen molar-refractivity contribution in [1.82, 2.24) is 10.2 Å². The monoisotopic (exact) mass is 284 g/mol. The lowest BCUT2D eigenvalue weighted by molar-refractivity contribution is -0.139. The molecule has 1 saturated carbocycles. The molecule has 0 aromatic carbocycles. The molecule has 2 rings (SSSR count). The Kier molecular flexibility index (Phi) is 4.43. The summed E-state index contributed by atoms with van der Waals surface area (Å²) in [5.41, 5.74) is -0.760. The number of carbonyl (C=O) groups is 2. The van der Waals surface area contributed by atoms with Gasteiger partial charge in [-0.25, -0.2) is 0 Å². The van der Waals surface area contributed by atoms with Crippen LogP contribution < -0.4 is 5.32 Å². The smallest absolute Gasteiger partial charge is 0.248 e. The first-order valence-corrected chi connectivity index (χ1v) is 8.37. The number of amides is 2. The maximum absolute atomic E-state index is 12.6. The van der Waals surface area contributed by atoms with Crippen molar-refractivity contribution in [2.45, 2.75) is 62.8 Å². The second-order valence-electron chi connectivity index (χ2n) is 6.09. The number of hydrogen-bond donors (Lipinski definition) is 1. The van der Waals surface area contributed by atoms with Gasteiger partial charge in [-0.05, 0) is 45.8 Å². The van der Waals surface area contributed by atoms with Crippen LogP contribution in [0.25, 0.3) is 0 Å². The summed E-state index contributed by atoms with van der Waals surface area (Å²) in [5, 5.41) is 3.56. The lowest BCUT2D eigenvalue weighted by atomic mass is 9.92. The third kappa shape index (κ3) is 3.25. The van der Waals surface area contributed by atoms with Crippen LogP contribution in [0.1, 0.15) is 46.0 Å². The lowest BCUT2D eigenvalue weighted by Crippen LogP contribution is -2.55. The molecule has 2 fully saturated rings. The lowest BCUT2D eigenvalue weighted by Gasteiger charge is -2.38. The molecule has 1 aliphatic heterocycles. The van der Waals surface area contributed by atoms with Gasteiger partial charge in [0.2, 0.25) is 11.8 Å². The molecule has 0 radical (unpaired) electrons. The van der Waals surface area contributed by atoms with Crippen molar-refractivity contribution >= 4 is 23.6 Å². The van der Waals surface area contributed by atoms with Gasteiger partial charge in [-0.1, -0.05) is 0 Å². The summed E-state index contributed by atoms with van der Waals surface area (Å²) in [6.45, 7) is 4.18. The van der Waals surface area contributed by atoms with Crippen molar-refractivity contribution in [3.05, 3.63) is 0 Å². The highest BCUT2D eigenvalue weighted by molar-refractivity contribution is 7.99. The molecule has 0 atom stereocenters. The van der Waals surface area contributed by atoms with E-state index in [1.807, 2.05) is 16.7 Å². The molecule has 1 N–H and O–H groups in total. The van der Waals surface area contributed by atoms with Crippen LogP contribution in [0, 0.1) is 0 Å². The third-order valence-corrected chi connectivity index (χ3v) is 5.38. The van der Waals surface area contributed by atoms with Gasteiger partial charge in [0.05, 0.1) is 0 Å². The summed E-state index contributed by atoms with van der Waals surface area (Å²) in [7, 11) is 0. The van der Waals surface area contributed by atoms with Crippen LogP contribution in [0.15, 0.2) is 0 Å². The van der Waals surface area contributed by atoms with Crippen LogP contribution in [-0.2, 0) is 9.59 Å². The molecule has 5 heteroatoms. The fourth-order valence-corrected chi connectivity index (χ4v) is 3.83. The van der Waals surface area contributed by atoms with E-state index in [9.17, 15) is 9.59 Å². The molecule has 2 aliphatic rings. The van der Waals surface area contributed by atoms with Gasteiger partial charge in [0.15, 0.2) is 0 Å². The molecule has 4 nitrogen and oxygen atoms in total. The average Bonchev–Trinajstić information content (AvgIpc) is 2.47. The van der Waals surface area contributed by atoms with Gasteiger partial charge in [0, 0.05) is 24.3 Å². The molecule has 1 saturated heterocycles. The zero-order chi connectivity index (χ0) is 14.0. The van der Waals surface area contributed by atoms with Crippen molar-refractivity contribution < 1.29 is 9.59 Å². The Bertz CT molecular complexity index is 362. The number of rotatable bonds is 2. The molecule has 19 heavy (non-hydrogen) atoms. The van der Waals surface area contributed by atoms with Crippen molar-refractivity contribution in [2.24, 2.45) is 0 Å². The highest BCUT2D eigenvalue weighted by Crippen LogP contribution is 2.31. The number of carbonyl (C=O) groups excluding carboxylic acids is 2. The Morgan fingerprint density at radius 1 is 1.21 bits per heavy atom. The van der Waals surface area contributed by atoms with E-state index in [4.69, 9.17) is 0 Å². The maximum atomic E-state index is 12.6. The van der Waals surface area contributed by atoms with Crippen LogP contribution in [0.4, 0.5) is 0 Å². The zero-order valence-corrected chi connectivity index (χ0v) is 12.9. The zero-order valence-electron chi connectivity index (χ0n) is 12.1. The molecular weight excluding hydrogens is 260 g/mol. The first-order chi connectivity index (χ1) is 8.94. The normalized spacial score (nSPS) is 31.8. The topological polar surface area (TPSA) is 49.4 Å². The van der Waals surface area contributed by atoms with Gasteiger partial charge in [-0.3, -0.25) is 9.59 Å². The van der Waals surface area contributed by atoms with E-state index in [2.05, 4.69) is 11.6 Å². The molecule has 2 amide bonds. The van der Waals surface area contributed by atoms with E-state index in [1.165, 1.54) is 12.8 Å². The standard InChI is InChI=1S/C14H24N2O2S/c1-14(2)13(18)16(9-8-12(17)15-14)10-4-6-11(19-3)7-5-10/h10-11H,4-9H2,1-3H3,(H,15,17). The van der Waals surface area contributed by atoms with E-state index in [1.54, 1.807) is 13.8 Å². The average molecular weight is 284 g/mol. The van der Waals surface area contributed by atoms with Crippen molar-refractivity contribution in [2.75, 3.05) is 12.8 Å². The number of thioether (sulfide) groups is 1. The van der Waals surface area contributed by atoms with Gasteiger partial charge in [-0.2, -0.15) is 11.8 Å². The predicted molar refractivity (Wildman–Crippen MR) is 78.1 cm³/mol. The fourth-order valence-electron chi connectivity index (χ4n) is 3.09. The summed E-state index contributed by atoms with van der Waals surface area (Å²) >= 11 is 1.93. The summed E-state index contributed by atoms with van der Waals surface area (Å²) in [5.74, 6) is 0.0598. The van der Waals surface area contributed by atoms with E-state index in [0.29, 0.717) is 19.0 Å². The minimum absolute atomic E-state index is 0.0151. The first-order valence-electron chi connectivity index (χ1n) is 7.09. The second kappa shape index (κ2) is 5.73. The van der Waals surface area contributed by atoms with Gasteiger partial charge >= 0.3 is 0 Å². The van der Waals surface area contributed by atoms with Crippen LogP contribution in [0.2, 0.25) is 0 Å². The van der Waals surface area contributed by atoms with Crippen LogP contribution in [0.5, 0.6) is 0 Å². The van der Waals surface area contributed by atoms with Crippen LogP contribution >= 0.6 is 11.8 Å². The summed E-state index contributed by atoms with van der Waals surface area (Å²) in [4.78, 5) is 26.2. The van der Waals surface area contributed by atoms with Crippen LogP contribution in [0.3, 0.4) is 0 Å². The highest BCUT2D eigenvalue weighted by atomic mass is 32.2. The predicted octanol–water partition coefficient (Wildman–Crippen LogP) is 1.79. The second-order valence-corrected chi connectivity index (χ2v) is 7.23. The Hall–Kier alpha value is -0.710. The van der Waals surface area contributed by atoms with Crippen molar-refractivity contribution in [1.29, 1.82) is 0 Å². The maximum Gasteiger partial charge on any atom is 0.248 e. The minimum atomic E-state index is -0.760. The Morgan fingerprint density at radius 3 is 2.42 bits per heavy atom. The van der Waals surface area contributed by atoms with E-state index < -0.39 is 5.54 Å². The molecule has 1 aliphatic carbocycles. The number of nitrogens with one attached hydrogen (secondary N) is 1. The van der Waals surface area contributed by atoms with E-state index in [0.717, 1.165) is 18.1 Å². The molecule has 0 unspecified atom stereocenters. The summed E-state index contributed by atoms with van der Waals surface area (Å²) in [6.07, 6.45) is 7.09. The number of hydrogen-bond acceptors (Lipinski definition) is 3. The van der Waals surface area contributed by atoms with Gasteiger partial charge in [0.1, 0.15) is 5.54 Å². The van der Waals surface area contributed by atoms with Crippen molar-refractivity contribution in [3.63, 3.8) is 0 Å². The van der Waals surface area contributed by atoms with Gasteiger partial charge in [-0.15, -0.1) is 0 Å². The van der Waals surface area contributed by atoms with Crippen molar-refractivity contribution in [3.8, 4) is 0 Å². The quantitative estimate of drug-likeness (QED) is 0.841. The first kappa shape index (κ1) is 14.7. The van der Waals surface area contributed by atoms with Gasteiger partial charge < -0.3 is 10.2 Å². The van der Waals surface area contributed by atoms with Crippen LogP contribution in [-0.4, -0.2) is 46.3 Å². The SMILES string of the molecule is CSC1CCC(N2CCC(=O)NC(C)(C)C2=O)CC1. The molecular formula is C14H24N2O2S. The minimum Gasteiger partial charge on any atom is -0.342 e. The molecule has 108 valence electrons. The molecule has 1 heterocycles. The Labute approximate surface area is 119 Å². The summed E-state index contributed by atoms with van der Waals surface area (Å²) in [6, 6.07) is 0.322. The Balaban J connectivity index is 2.06. The number of nitrogens with zero attached hydrogens (tertiary/aromatic N) is 1.